The van der Waals surface area contributed by atoms with Gasteiger partial charge in [0, 0.05) is 12.0 Å². The summed E-state index contributed by atoms with van der Waals surface area (Å²) in [5.74, 6) is 1.21. The molecule has 1 aliphatic heterocycles. The number of methoxy groups -OCH3 is 1. The van der Waals surface area contributed by atoms with Gasteiger partial charge in [-0.3, -0.25) is 0 Å². The second-order valence-electron chi connectivity index (χ2n) is 17.6. The summed E-state index contributed by atoms with van der Waals surface area (Å²) in [7, 11) is 1.66. The van der Waals surface area contributed by atoms with Gasteiger partial charge in [-0.2, -0.15) is 0 Å². The van der Waals surface area contributed by atoms with Gasteiger partial charge in [-0.25, -0.2) is 0 Å². The maximum absolute atomic E-state index is 11.8. The Morgan fingerprint density at radius 3 is 1.73 bits per heavy atom. The molecule has 2 bridgehead atoms. The monoisotopic (exact) mass is 781 g/mol. The van der Waals surface area contributed by atoms with Crippen molar-refractivity contribution in [2.24, 2.45) is 11.3 Å². The minimum absolute atomic E-state index is 0.0283. The third kappa shape index (κ3) is 16.0. The molecular formula is C49H80O7. The standard InChI is InChI=1S/C49H80O7/c1-39-25-28-42(35-43(39)34-40-26-29-44(54-2)30-27-40)47-45(51)46(52)48(53)49(37-50)32-31-41(36-49)24-22-20-18-16-14-12-10-8-6-4-3-5-7-9-11-13-15-17-19-21-23-33-55-38-56-47/h25-30,35,41,45-48,50-53H,3-24,31-34,36-38H2,1-2H3/t41?,45-,46+,47-,48+,49-/m0/s1. The van der Waals surface area contributed by atoms with Crippen LogP contribution >= 0.6 is 0 Å². The summed E-state index contributed by atoms with van der Waals surface area (Å²) in [6.45, 7) is 2.39. The van der Waals surface area contributed by atoms with Gasteiger partial charge in [-0.15, -0.1) is 0 Å². The van der Waals surface area contributed by atoms with Crippen molar-refractivity contribution in [2.45, 2.75) is 198 Å². The van der Waals surface area contributed by atoms with E-state index in [0.717, 1.165) is 60.1 Å². The first-order valence-corrected chi connectivity index (χ1v) is 22.9. The third-order valence-electron chi connectivity index (χ3n) is 13.2. The molecule has 2 aliphatic rings. The normalized spacial score (nSPS) is 29.0. The fraction of sp³-hybridized carbons (Fsp3) is 0.755. The van der Waals surface area contributed by atoms with Crippen LogP contribution < -0.4 is 4.74 Å². The van der Waals surface area contributed by atoms with Crippen molar-refractivity contribution in [1.29, 1.82) is 0 Å². The molecular weight excluding hydrogens is 701 g/mol. The minimum Gasteiger partial charge on any atom is -0.497 e. The van der Waals surface area contributed by atoms with Gasteiger partial charge >= 0.3 is 0 Å². The fourth-order valence-electron chi connectivity index (χ4n) is 9.34. The Kier molecular flexibility index (Phi) is 22.4. The van der Waals surface area contributed by atoms with E-state index in [0.29, 0.717) is 31.8 Å². The van der Waals surface area contributed by atoms with Gasteiger partial charge in [0.1, 0.15) is 30.9 Å². The van der Waals surface area contributed by atoms with E-state index in [4.69, 9.17) is 14.2 Å². The lowest BCUT2D eigenvalue weighted by Crippen LogP contribution is -2.51. The zero-order valence-electron chi connectivity index (χ0n) is 35.4. The molecule has 2 fully saturated rings. The Morgan fingerprint density at radius 1 is 0.661 bits per heavy atom. The van der Waals surface area contributed by atoms with Crippen molar-refractivity contribution in [3.05, 3.63) is 64.7 Å². The van der Waals surface area contributed by atoms with Crippen molar-refractivity contribution in [2.75, 3.05) is 27.1 Å². The highest BCUT2D eigenvalue weighted by molar-refractivity contribution is 5.38. The molecule has 0 radical (unpaired) electrons. The molecule has 0 spiro atoms. The Labute approximate surface area is 340 Å². The lowest BCUT2D eigenvalue weighted by atomic mass is 9.75. The molecule has 318 valence electrons. The predicted molar refractivity (Wildman–Crippen MR) is 228 cm³/mol. The lowest BCUT2D eigenvalue weighted by molar-refractivity contribution is -0.182. The average Bonchev–Trinajstić information content (AvgIpc) is 3.65. The second-order valence-corrected chi connectivity index (χ2v) is 17.6. The first-order valence-electron chi connectivity index (χ1n) is 22.9. The number of aliphatic hydroxyl groups excluding tert-OH is 4. The summed E-state index contributed by atoms with van der Waals surface area (Å²) in [4.78, 5) is 0. The number of ether oxygens (including phenoxy) is 3. The molecule has 0 aromatic heterocycles. The van der Waals surface area contributed by atoms with Crippen molar-refractivity contribution in [3.63, 3.8) is 0 Å². The van der Waals surface area contributed by atoms with E-state index in [2.05, 4.69) is 19.1 Å². The quantitative estimate of drug-likeness (QED) is 0.239. The Morgan fingerprint density at radius 2 is 1.20 bits per heavy atom. The molecule has 7 nitrogen and oxygen atoms in total. The van der Waals surface area contributed by atoms with E-state index < -0.39 is 29.8 Å². The number of hydrogen-bond acceptors (Lipinski definition) is 7. The van der Waals surface area contributed by atoms with Gasteiger partial charge in [0.05, 0.1) is 19.8 Å². The summed E-state index contributed by atoms with van der Waals surface area (Å²) in [5, 5.41) is 46.0. The van der Waals surface area contributed by atoms with Crippen LogP contribution in [0.4, 0.5) is 0 Å². The van der Waals surface area contributed by atoms with Gasteiger partial charge < -0.3 is 34.6 Å². The molecule has 1 unspecified atom stereocenters. The molecule has 1 aliphatic carbocycles. The average molecular weight is 781 g/mol. The Bertz CT molecular complexity index is 1300. The highest BCUT2D eigenvalue weighted by Crippen LogP contribution is 2.47. The molecule has 2 aromatic carbocycles. The summed E-state index contributed by atoms with van der Waals surface area (Å²) in [6.07, 6.45) is 26.2. The van der Waals surface area contributed by atoms with Crippen LogP contribution in [0.15, 0.2) is 42.5 Å². The van der Waals surface area contributed by atoms with E-state index in [1.165, 1.54) is 116 Å². The molecule has 1 saturated carbocycles. The number of hydrogen-bond donors (Lipinski definition) is 4. The van der Waals surface area contributed by atoms with Gasteiger partial charge in [-0.05, 0) is 79.3 Å². The molecule has 7 heteroatoms. The number of fused-ring (bicyclic) bond motifs is 2. The van der Waals surface area contributed by atoms with Crippen molar-refractivity contribution in [1.82, 2.24) is 0 Å². The SMILES string of the molecule is COc1ccc(Cc2cc([C@@H]3OCOCCCCCCCCCCCCCCCCCCCCCCCC4CC[C@@](CO)(C4)[C@H](O)[C@H](O)[C@@H]3O)ccc2C)cc1. The van der Waals surface area contributed by atoms with Crippen LogP contribution in [0.25, 0.3) is 0 Å². The van der Waals surface area contributed by atoms with E-state index >= 15 is 0 Å². The smallest absolute Gasteiger partial charge is 0.147 e. The highest BCUT2D eigenvalue weighted by atomic mass is 16.7. The fourth-order valence-corrected chi connectivity index (χ4v) is 9.34. The van der Waals surface area contributed by atoms with Crippen LogP contribution in [0.5, 0.6) is 5.75 Å². The molecule has 4 rings (SSSR count). The van der Waals surface area contributed by atoms with E-state index in [1.54, 1.807) is 7.11 Å². The highest BCUT2D eigenvalue weighted by Gasteiger charge is 2.49. The first kappa shape index (κ1) is 46.7. The first-order chi connectivity index (χ1) is 27.4. The van der Waals surface area contributed by atoms with Crippen LogP contribution in [0.1, 0.15) is 189 Å². The lowest BCUT2D eigenvalue weighted by Gasteiger charge is -2.39. The summed E-state index contributed by atoms with van der Waals surface area (Å²) in [5.41, 5.74) is 3.19. The van der Waals surface area contributed by atoms with E-state index in [9.17, 15) is 20.4 Å². The van der Waals surface area contributed by atoms with E-state index in [1.807, 2.05) is 30.3 Å². The molecule has 56 heavy (non-hydrogen) atoms. The van der Waals surface area contributed by atoms with Gasteiger partial charge in [-0.1, -0.05) is 165 Å². The maximum Gasteiger partial charge on any atom is 0.147 e. The summed E-state index contributed by atoms with van der Waals surface area (Å²) >= 11 is 0. The zero-order valence-corrected chi connectivity index (χ0v) is 35.4. The number of rotatable bonds is 5. The number of aryl methyl sites for hydroxylation is 1. The minimum atomic E-state index is -1.50. The Balaban J connectivity index is 1.40. The van der Waals surface area contributed by atoms with Crippen LogP contribution in [0.3, 0.4) is 0 Å². The largest absolute Gasteiger partial charge is 0.497 e. The second kappa shape index (κ2) is 26.9. The van der Waals surface area contributed by atoms with Crippen molar-refractivity contribution >= 4 is 0 Å². The molecule has 4 N–H and O–H groups in total. The van der Waals surface area contributed by atoms with Crippen LogP contribution in [-0.4, -0.2) is 65.9 Å². The van der Waals surface area contributed by atoms with Crippen molar-refractivity contribution in [3.8, 4) is 5.75 Å². The van der Waals surface area contributed by atoms with E-state index in [-0.39, 0.29) is 13.4 Å². The topological polar surface area (TPSA) is 109 Å². The summed E-state index contributed by atoms with van der Waals surface area (Å²) < 4.78 is 17.6. The molecule has 1 saturated heterocycles. The van der Waals surface area contributed by atoms with Gasteiger partial charge in [0.2, 0.25) is 0 Å². The third-order valence-corrected chi connectivity index (χ3v) is 13.2. The Hall–Kier alpha value is -2.00. The van der Waals surface area contributed by atoms with Crippen LogP contribution in [0, 0.1) is 18.3 Å². The maximum atomic E-state index is 11.8. The number of benzene rings is 2. The predicted octanol–water partition coefficient (Wildman–Crippen LogP) is 11.1. The molecule has 6 atom stereocenters. The summed E-state index contributed by atoms with van der Waals surface area (Å²) in [6, 6.07) is 14.0. The molecule has 2 aromatic rings. The zero-order chi connectivity index (χ0) is 39.9. The number of aliphatic hydroxyl groups is 4. The van der Waals surface area contributed by atoms with Gasteiger partial charge in [0.25, 0.3) is 0 Å². The van der Waals surface area contributed by atoms with Crippen molar-refractivity contribution < 1.29 is 34.6 Å². The molecule has 0 amide bonds. The van der Waals surface area contributed by atoms with Gasteiger partial charge in [0.15, 0.2) is 0 Å². The van der Waals surface area contributed by atoms with Crippen LogP contribution in [0.2, 0.25) is 0 Å². The molecule has 1 heterocycles. The van der Waals surface area contributed by atoms with Crippen LogP contribution in [-0.2, 0) is 15.9 Å².